The highest BCUT2D eigenvalue weighted by molar-refractivity contribution is 6.32. The maximum absolute atomic E-state index is 13.8. The fourth-order valence-corrected chi connectivity index (χ4v) is 2.30. The molecule has 0 atom stereocenters. The van der Waals surface area contributed by atoms with E-state index in [2.05, 4.69) is 0 Å². The van der Waals surface area contributed by atoms with Crippen LogP contribution in [0.4, 0.5) is 4.39 Å². The summed E-state index contributed by atoms with van der Waals surface area (Å²) in [6.07, 6.45) is 2.98. The lowest BCUT2D eigenvalue weighted by molar-refractivity contribution is -0.128. The normalized spacial score (nSPS) is 16.1. The second-order valence-corrected chi connectivity index (χ2v) is 4.27. The van der Waals surface area contributed by atoms with E-state index in [1.54, 1.807) is 17.0 Å². The van der Waals surface area contributed by atoms with Crippen molar-refractivity contribution in [2.75, 3.05) is 6.54 Å². The monoisotopic (exact) mass is 253 g/mol. The van der Waals surface area contributed by atoms with E-state index < -0.39 is 5.82 Å². The number of amides is 1. The van der Waals surface area contributed by atoms with E-state index in [9.17, 15) is 9.18 Å². The highest BCUT2D eigenvalue weighted by atomic mass is 35.5. The average Bonchev–Trinajstić information content (AvgIpc) is 2.29. The second kappa shape index (κ2) is 4.88. The van der Waals surface area contributed by atoms with Crippen LogP contribution in [0.15, 0.2) is 24.3 Å². The minimum atomic E-state index is -0.392. The predicted octanol–water partition coefficient (Wildman–Crippen LogP) is 3.46. The Kier molecular flexibility index (Phi) is 3.48. The van der Waals surface area contributed by atoms with Crippen molar-refractivity contribution in [3.05, 3.63) is 40.7 Å². The Hall–Kier alpha value is -1.35. The van der Waals surface area contributed by atoms with Crippen LogP contribution in [0.3, 0.4) is 0 Å². The van der Waals surface area contributed by atoms with Crippen LogP contribution in [0.5, 0.6) is 0 Å². The third-order valence-corrected chi connectivity index (χ3v) is 3.14. The maximum atomic E-state index is 13.8. The SMILES string of the molecule is CCN1C(=O)CCC=C1c1c(F)cccc1Cl. The first-order valence-corrected chi connectivity index (χ1v) is 5.98. The molecule has 0 aromatic heterocycles. The molecule has 0 aliphatic carbocycles. The summed E-state index contributed by atoms with van der Waals surface area (Å²) >= 11 is 6.01. The summed E-state index contributed by atoms with van der Waals surface area (Å²) < 4.78 is 13.8. The minimum Gasteiger partial charge on any atom is -0.312 e. The highest BCUT2D eigenvalue weighted by Crippen LogP contribution is 2.32. The number of rotatable bonds is 2. The molecule has 2 nitrogen and oxygen atoms in total. The first kappa shape index (κ1) is 12.1. The summed E-state index contributed by atoms with van der Waals surface area (Å²) in [5, 5.41) is 0.337. The molecular weight excluding hydrogens is 241 g/mol. The van der Waals surface area contributed by atoms with Gasteiger partial charge in [-0.3, -0.25) is 4.79 Å². The van der Waals surface area contributed by atoms with Crippen molar-refractivity contribution < 1.29 is 9.18 Å². The van der Waals surface area contributed by atoms with Crippen molar-refractivity contribution in [1.82, 2.24) is 4.90 Å². The van der Waals surface area contributed by atoms with Crippen LogP contribution in [-0.2, 0) is 4.79 Å². The number of benzene rings is 1. The van der Waals surface area contributed by atoms with E-state index in [1.807, 2.05) is 13.0 Å². The van der Waals surface area contributed by atoms with Crippen LogP contribution in [0, 0.1) is 5.82 Å². The van der Waals surface area contributed by atoms with Gasteiger partial charge in [-0.1, -0.05) is 23.7 Å². The lowest BCUT2D eigenvalue weighted by Gasteiger charge is -2.28. The number of carbonyl (C=O) groups excluding carboxylic acids is 1. The summed E-state index contributed by atoms with van der Waals surface area (Å²) in [5.41, 5.74) is 0.913. The Morgan fingerprint density at radius 2 is 2.24 bits per heavy atom. The van der Waals surface area contributed by atoms with E-state index >= 15 is 0 Å². The van der Waals surface area contributed by atoms with Crippen molar-refractivity contribution in [3.63, 3.8) is 0 Å². The zero-order valence-electron chi connectivity index (χ0n) is 9.54. The van der Waals surface area contributed by atoms with Crippen LogP contribution < -0.4 is 0 Å². The highest BCUT2D eigenvalue weighted by Gasteiger charge is 2.24. The van der Waals surface area contributed by atoms with Crippen molar-refractivity contribution in [2.45, 2.75) is 19.8 Å². The van der Waals surface area contributed by atoms with Crippen LogP contribution >= 0.6 is 11.6 Å². The summed E-state index contributed by atoms with van der Waals surface area (Å²) in [7, 11) is 0. The van der Waals surface area contributed by atoms with Gasteiger partial charge in [-0.2, -0.15) is 0 Å². The number of hydrogen-bond donors (Lipinski definition) is 0. The van der Waals surface area contributed by atoms with Gasteiger partial charge < -0.3 is 4.90 Å². The molecule has 2 rings (SSSR count). The smallest absolute Gasteiger partial charge is 0.227 e. The standard InChI is InChI=1S/C13H13ClFNO/c1-2-16-11(7-4-8-12(16)17)13-9(14)5-3-6-10(13)15/h3,5-7H,2,4,8H2,1H3. The molecule has 0 unspecified atom stereocenters. The average molecular weight is 254 g/mol. The second-order valence-electron chi connectivity index (χ2n) is 3.86. The zero-order valence-corrected chi connectivity index (χ0v) is 10.3. The number of halogens is 2. The van der Waals surface area contributed by atoms with Crippen LogP contribution in [-0.4, -0.2) is 17.4 Å². The number of hydrogen-bond acceptors (Lipinski definition) is 1. The van der Waals surface area contributed by atoms with Gasteiger partial charge in [-0.25, -0.2) is 4.39 Å². The van der Waals surface area contributed by atoms with Gasteiger partial charge >= 0.3 is 0 Å². The van der Waals surface area contributed by atoms with Crippen LogP contribution in [0.25, 0.3) is 5.70 Å². The summed E-state index contributed by atoms with van der Waals surface area (Å²) in [6, 6.07) is 4.55. The first-order chi connectivity index (χ1) is 8.15. The summed E-state index contributed by atoms with van der Waals surface area (Å²) in [5.74, 6) is -0.374. The Morgan fingerprint density at radius 3 is 2.88 bits per heavy atom. The van der Waals surface area contributed by atoms with E-state index in [-0.39, 0.29) is 5.91 Å². The predicted molar refractivity (Wildman–Crippen MR) is 66.0 cm³/mol. The molecule has 1 amide bonds. The zero-order chi connectivity index (χ0) is 12.4. The van der Waals surface area contributed by atoms with Gasteiger partial charge in [0.1, 0.15) is 5.82 Å². The van der Waals surface area contributed by atoms with Crippen molar-refractivity contribution in [2.24, 2.45) is 0 Å². The first-order valence-electron chi connectivity index (χ1n) is 5.60. The molecule has 0 radical (unpaired) electrons. The van der Waals surface area contributed by atoms with Crippen molar-refractivity contribution >= 4 is 23.2 Å². The van der Waals surface area contributed by atoms with E-state index in [0.717, 1.165) is 0 Å². The molecule has 0 fully saturated rings. The lowest BCUT2D eigenvalue weighted by atomic mass is 10.0. The van der Waals surface area contributed by atoms with E-state index in [4.69, 9.17) is 11.6 Å². The quantitative estimate of drug-likeness (QED) is 0.790. The van der Waals surface area contributed by atoms with Crippen molar-refractivity contribution in [1.29, 1.82) is 0 Å². The maximum Gasteiger partial charge on any atom is 0.227 e. The fourth-order valence-electron chi connectivity index (χ4n) is 2.04. The molecule has 0 saturated carbocycles. The van der Waals surface area contributed by atoms with Crippen molar-refractivity contribution in [3.8, 4) is 0 Å². The Morgan fingerprint density at radius 1 is 1.47 bits per heavy atom. The molecule has 1 aromatic rings. The number of allylic oxidation sites excluding steroid dienone is 1. The van der Waals surface area contributed by atoms with E-state index in [0.29, 0.717) is 35.7 Å². The van der Waals surface area contributed by atoms with Crippen LogP contribution in [0.1, 0.15) is 25.3 Å². The third-order valence-electron chi connectivity index (χ3n) is 2.82. The lowest BCUT2D eigenvalue weighted by Crippen LogP contribution is -2.31. The molecular formula is C13H13ClFNO. The molecule has 0 bridgehead atoms. The van der Waals surface area contributed by atoms with Gasteiger partial charge in [-0.15, -0.1) is 0 Å². The van der Waals surface area contributed by atoms with Gasteiger partial charge in [0, 0.05) is 13.0 Å². The Balaban J connectivity index is 2.52. The van der Waals surface area contributed by atoms with Gasteiger partial charge in [0.15, 0.2) is 0 Å². The fraction of sp³-hybridized carbons (Fsp3) is 0.308. The Bertz CT molecular complexity index is 464. The topological polar surface area (TPSA) is 20.3 Å². The minimum absolute atomic E-state index is 0.0179. The molecule has 90 valence electrons. The van der Waals surface area contributed by atoms with Gasteiger partial charge in [0.25, 0.3) is 0 Å². The molecule has 1 aromatic carbocycles. The van der Waals surface area contributed by atoms with E-state index in [1.165, 1.54) is 6.07 Å². The van der Waals surface area contributed by atoms with Crippen LogP contribution in [0.2, 0.25) is 5.02 Å². The molecule has 1 heterocycles. The third kappa shape index (κ3) is 2.20. The number of nitrogens with zero attached hydrogens (tertiary/aromatic N) is 1. The molecule has 0 saturated heterocycles. The largest absolute Gasteiger partial charge is 0.312 e. The van der Waals surface area contributed by atoms with Gasteiger partial charge in [0.05, 0.1) is 16.3 Å². The molecule has 0 N–H and O–H groups in total. The summed E-state index contributed by atoms with van der Waals surface area (Å²) in [4.78, 5) is 13.3. The Labute approximate surface area is 105 Å². The molecule has 0 spiro atoms. The molecule has 1 aliphatic heterocycles. The number of carbonyl (C=O) groups is 1. The summed E-state index contributed by atoms with van der Waals surface area (Å²) in [6.45, 7) is 2.39. The van der Waals surface area contributed by atoms with Gasteiger partial charge in [0.2, 0.25) is 5.91 Å². The molecule has 17 heavy (non-hydrogen) atoms. The molecule has 1 aliphatic rings. The molecule has 4 heteroatoms. The van der Waals surface area contributed by atoms with Gasteiger partial charge in [-0.05, 0) is 25.5 Å².